The number of aromatic nitrogens is 1. The second-order valence-electron chi connectivity index (χ2n) is 6.45. The zero-order valence-electron chi connectivity index (χ0n) is 13.6. The molecule has 3 aromatic rings. The van der Waals surface area contributed by atoms with Crippen LogP contribution in [0, 0.1) is 0 Å². The Kier molecular flexibility index (Phi) is 3.93. The Hall–Kier alpha value is -2.07. The van der Waals surface area contributed by atoms with Gasteiger partial charge in [0.25, 0.3) is 5.91 Å². The van der Waals surface area contributed by atoms with Crippen molar-refractivity contribution >= 4 is 32.7 Å². The SMILES string of the molecule is CN(C(=O)c1ccc(Br)cc1)C1CCc2[nH]c3ccccc3c2C1. The van der Waals surface area contributed by atoms with Gasteiger partial charge in [0.1, 0.15) is 0 Å². The van der Waals surface area contributed by atoms with Gasteiger partial charge < -0.3 is 9.88 Å². The number of nitrogens with zero attached hydrogens (tertiary/aromatic N) is 1. The lowest BCUT2D eigenvalue weighted by Gasteiger charge is -2.31. The molecule has 24 heavy (non-hydrogen) atoms. The molecule has 122 valence electrons. The molecule has 1 aromatic heterocycles. The summed E-state index contributed by atoms with van der Waals surface area (Å²) in [6.07, 6.45) is 2.91. The minimum absolute atomic E-state index is 0.0933. The predicted molar refractivity (Wildman–Crippen MR) is 100 cm³/mol. The highest BCUT2D eigenvalue weighted by Gasteiger charge is 2.27. The number of fused-ring (bicyclic) bond motifs is 3. The monoisotopic (exact) mass is 382 g/mol. The molecule has 0 bridgehead atoms. The van der Waals surface area contributed by atoms with E-state index in [1.54, 1.807) is 0 Å². The van der Waals surface area contributed by atoms with Gasteiger partial charge in [-0.25, -0.2) is 0 Å². The fraction of sp³-hybridized carbons (Fsp3) is 0.250. The molecule has 0 fully saturated rings. The van der Waals surface area contributed by atoms with Gasteiger partial charge in [0.15, 0.2) is 0 Å². The molecule has 1 amide bonds. The van der Waals surface area contributed by atoms with E-state index in [2.05, 4.69) is 45.2 Å². The van der Waals surface area contributed by atoms with E-state index in [0.29, 0.717) is 0 Å². The van der Waals surface area contributed by atoms with Crippen LogP contribution >= 0.6 is 15.9 Å². The van der Waals surface area contributed by atoms with Crippen molar-refractivity contribution in [1.29, 1.82) is 0 Å². The smallest absolute Gasteiger partial charge is 0.253 e. The molecule has 1 heterocycles. The standard InChI is InChI=1S/C20H19BrN2O/c1-23(20(24)13-6-8-14(21)9-7-13)15-10-11-19-17(12-15)16-4-2-3-5-18(16)22-19/h2-9,15,22H,10-12H2,1H3. The van der Waals surface area contributed by atoms with E-state index in [4.69, 9.17) is 0 Å². The number of nitrogens with one attached hydrogen (secondary N) is 1. The summed E-state index contributed by atoms with van der Waals surface area (Å²) in [6, 6.07) is 16.3. The first-order valence-electron chi connectivity index (χ1n) is 8.24. The van der Waals surface area contributed by atoms with Crippen molar-refractivity contribution in [2.24, 2.45) is 0 Å². The van der Waals surface area contributed by atoms with Crippen molar-refractivity contribution < 1.29 is 4.79 Å². The highest BCUT2D eigenvalue weighted by molar-refractivity contribution is 9.10. The highest BCUT2D eigenvalue weighted by atomic mass is 79.9. The van der Waals surface area contributed by atoms with Crippen molar-refractivity contribution in [2.45, 2.75) is 25.3 Å². The number of carbonyl (C=O) groups excluding carboxylic acids is 1. The summed E-state index contributed by atoms with van der Waals surface area (Å²) in [5.41, 5.74) is 4.64. The molecule has 2 aromatic carbocycles. The minimum atomic E-state index is 0.0933. The van der Waals surface area contributed by atoms with Crippen LogP contribution in [0.1, 0.15) is 28.0 Å². The summed E-state index contributed by atoms with van der Waals surface area (Å²) in [5.74, 6) is 0.0933. The van der Waals surface area contributed by atoms with Crippen molar-refractivity contribution in [2.75, 3.05) is 7.05 Å². The van der Waals surface area contributed by atoms with Crippen molar-refractivity contribution in [1.82, 2.24) is 9.88 Å². The molecule has 4 heteroatoms. The molecule has 0 spiro atoms. The number of hydrogen-bond acceptors (Lipinski definition) is 1. The van der Waals surface area contributed by atoms with Crippen LogP contribution in [0.3, 0.4) is 0 Å². The van der Waals surface area contributed by atoms with E-state index < -0.39 is 0 Å². The van der Waals surface area contributed by atoms with E-state index in [-0.39, 0.29) is 11.9 Å². The van der Waals surface area contributed by atoms with Crippen molar-refractivity contribution in [3.05, 3.63) is 69.8 Å². The van der Waals surface area contributed by atoms with E-state index in [9.17, 15) is 4.79 Å². The second-order valence-corrected chi connectivity index (χ2v) is 7.36. The Morgan fingerprint density at radius 2 is 1.92 bits per heavy atom. The molecule has 1 aliphatic rings. The number of likely N-dealkylation sites (N-methyl/N-ethyl adjacent to an activating group) is 1. The van der Waals surface area contributed by atoms with Crippen LogP contribution < -0.4 is 0 Å². The third-order valence-corrected chi connectivity index (χ3v) is 5.56. The predicted octanol–water partition coefficient (Wildman–Crippen LogP) is 4.56. The summed E-state index contributed by atoms with van der Waals surface area (Å²) in [4.78, 5) is 18.2. The summed E-state index contributed by atoms with van der Waals surface area (Å²) in [6.45, 7) is 0. The van der Waals surface area contributed by atoms with Crippen LogP contribution in [-0.2, 0) is 12.8 Å². The lowest BCUT2D eigenvalue weighted by atomic mass is 9.90. The number of benzene rings is 2. The second kappa shape index (κ2) is 6.10. The normalized spacial score (nSPS) is 16.8. The number of aryl methyl sites for hydroxylation is 1. The zero-order chi connectivity index (χ0) is 16.7. The molecule has 1 N–H and O–H groups in total. The Labute approximate surface area is 149 Å². The number of hydrogen-bond donors (Lipinski definition) is 1. The van der Waals surface area contributed by atoms with Gasteiger partial charge in [-0.1, -0.05) is 34.1 Å². The Balaban J connectivity index is 1.59. The summed E-state index contributed by atoms with van der Waals surface area (Å²) in [5, 5.41) is 1.29. The fourth-order valence-corrected chi connectivity index (χ4v) is 3.91. The van der Waals surface area contributed by atoms with Gasteiger partial charge in [-0.15, -0.1) is 0 Å². The van der Waals surface area contributed by atoms with Gasteiger partial charge in [0, 0.05) is 39.7 Å². The number of aromatic amines is 1. The average Bonchev–Trinajstić information content (AvgIpc) is 2.99. The van der Waals surface area contributed by atoms with E-state index >= 15 is 0 Å². The molecule has 0 saturated carbocycles. The zero-order valence-corrected chi connectivity index (χ0v) is 15.1. The molecular formula is C20H19BrN2O. The molecule has 1 atom stereocenters. The maximum atomic E-state index is 12.8. The molecule has 1 aliphatic carbocycles. The number of H-pyrrole nitrogens is 1. The van der Waals surface area contributed by atoms with E-state index in [1.165, 1.54) is 22.2 Å². The lowest BCUT2D eigenvalue weighted by Crippen LogP contribution is -2.40. The maximum absolute atomic E-state index is 12.8. The third-order valence-electron chi connectivity index (χ3n) is 5.03. The number of amides is 1. The Morgan fingerprint density at radius 1 is 1.17 bits per heavy atom. The van der Waals surface area contributed by atoms with Crippen molar-refractivity contribution in [3.63, 3.8) is 0 Å². The van der Waals surface area contributed by atoms with Gasteiger partial charge in [0.2, 0.25) is 0 Å². The molecule has 3 nitrogen and oxygen atoms in total. The highest BCUT2D eigenvalue weighted by Crippen LogP contribution is 2.31. The molecular weight excluding hydrogens is 364 g/mol. The van der Waals surface area contributed by atoms with Crippen LogP contribution in [-0.4, -0.2) is 28.9 Å². The van der Waals surface area contributed by atoms with Crippen LogP contribution in [0.4, 0.5) is 0 Å². The number of rotatable bonds is 2. The van der Waals surface area contributed by atoms with Crippen LogP contribution in [0.2, 0.25) is 0 Å². The third kappa shape index (κ3) is 2.65. The number of para-hydroxylation sites is 1. The van der Waals surface area contributed by atoms with Crippen LogP contribution in [0.15, 0.2) is 53.0 Å². The maximum Gasteiger partial charge on any atom is 0.253 e. The first kappa shape index (κ1) is 15.5. The topological polar surface area (TPSA) is 36.1 Å². The largest absolute Gasteiger partial charge is 0.358 e. The van der Waals surface area contributed by atoms with Gasteiger partial charge in [0.05, 0.1) is 0 Å². The molecule has 1 unspecified atom stereocenters. The first-order valence-corrected chi connectivity index (χ1v) is 9.04. The Bertz CT molecular complexity index is 898. The van der Waals surface area contributed by atoms with Gasteiger partial charge in [-0.2, -0.15) is 0 Å². The summed E-state index contributed by atoms with van der Waals surface area (Å²) in [7, 11) is 1.93. The lowest BCUT2D eigenvalue weighted by molar-refractivity contribution is 0.0719. The first-order chi connectivity index (χ1) is 11.6. The minimum Gasteiger partial charge on any atom is -0.358 e. The summed E-state index contributed by atoms with van der Waals surface area (Å²) < 4.78 is 0.989. The number of halogens is 1. The van der Waals surface area contributed by atoms with Crippen molar-refractivity contribution in [3.8, 4) is 0 Å². The average molecular weight is 383 g/mol. The molecule has 0 saturated heterocycles. The van der Waals surface area contributed by atoms with Crippen LogP contribution in [0.5, 0.6) is 0 Å². The number of carbonyl (C=O) groups is 1. The Morgan fingerprint density at radius 3 is 2.71 bits per heavy atom. The molecule has 4 rings (SSSR count). The van der Waals surface area contributed by atoms with Crippen LogP contribution in [0.25, 0.3) is 10.9 Å². The molecule has 0 aliphatic heterocycles. The van der Waals surface area contributed by atoms with Gasteiger partial charge >= 0.3 is 0 Å². The van der Waals surface area contributed by atoms with E-state index in [0.717, 1.165) is 29.3 Å². The molecule has 0 radical (unpaired) electrons. The summed E-state index contributed by atoms with van der Waals surface area (Å²) >= 11 is 3.42. The fourth-order valence-electron chi connectivity index (χ4n) is 3.64. The van der Waals surface area contributed by atoms with E-state index in [1.807, 2.05) is 36.2 Å². The van der Waals surface area contributed by atoms with Gasteiger partial charge in [-0.3, -0.25) is 4.79 Å². The van der Waals surface area contributed by atoms with Gasteiger partial charge in [-0.05, 0) is 55.2 Å². The quantitative estimate of drug-likeness (QED) is 0.692.